The van der Waals surface area contributed by atoms with Gasteiger partial charge in [0.25, 0.3) is 0 Å². The molecule has 7 heteroatoms. The number of benzene rings is 1. The van der Waals surface area contributed by atoms with Crippen LogP contribution in [0.4, 0.5) is 5.82 Å². The molecule has 1 atom stereocenters. The monoisotopic (exact) mass is 378 g/mol. The summed E-state index contributed by atoms with van der Waals surface area (Å²) in [5.41, 5.74) is 3.03. The molecule has 1 aromatic carbocycles. The molecule has 1 N–H and O–H groups in total. The van der Waals surface area contributed by atoms with E-state index in [4.69, 9.17) is 0 Å². The van der Waals surface area contributed by atoms with Gasteiger partial charge in [0.1, 0.15) is 18.2 Å². The molecule has 0 bridgehead atoms. The summed E-state index contributed by atoms with van der Waals surface area (Å²) < 4.78 is 2.04. The lowest BCUT2D eigenvalue weighted by molar-refractivity contribution is -0.138. The molecule has 28 heavy (non-hydrogen) atoms. The van der Waals surface area contributed by atoms with Crippen molar-refractivity contribution in [3.8, 4) is 0 Å². The summed E-state index contributed by atoms with van der Waals surface area (Å²) >= 11 is 0. The summed E-state index contributed by atoms with van der Waals surface area (Å²) in [6, 6.07) is 9.90. The second-order valence-corrected chi connectivity index (χ2v) is 7.49. The summed E-state index contributed by atoms with van der Waals surface area (Å²) in [6.07, 6.45) is 3.22. The normalized spacial score (nSPS) is 15.5. The Balaban J connectivity index is 1.47. The average Bonchev–Trinajstić information content (AvgIpc) is 2.98. The van der Waals surface area contributed by atoms with Gasteiger partial charge >= 0.3 is 0 Å². The highest BCUT2D eigenvalue weighted by atomic mass is 16.2. The van der Waals surface area contributed by atoms with Crippen LogP contribution in [-0.4, -0.2) is 49.7 Å². The first-order valence-corrected chi connectivity index (χ1v) is 9.84. The van der Waals surface area contributed by atoms with Crippen molar-refractivity contribution in [2.24, 2.45) is 0 Å². The third-order valence-corrected chi connectivity index (χ3v) is 5.29. The van der Waals surface area contributed by atoms with Crippen LogP contribution in [0, 0.1) is 13.8 Å². The first-order chi connectivity index (χ1) is 13.6. The minimum Gasteiger partial charge on any atom is -0.358 e. The van der Waals surface area contributed by atoms with Gasteiger partial charge in [0.05, 0.1) is 17.3 Å². The number of carbonyl (C=O) groups excluding carboxylic acids is 1. The fourth-order valence-corrected chi connectivity index (χ4v) is 3.86. The van der Waals surface area contributed by atoms with E-state index in [1.165, 1.54) is 0 Å². The molecule has 3 heterocycles. The van der Waals surface area contributed by atoms with Crippen molar-refractivity contribution in [2.45, 2.75) is 45.7 Å². The van der Waals surface area contributed by atoms with Crippen LogP contribution in [0.1, 0.15) is 37.2 Å². The van der Waals surface area contributed by atoms with Crippen molar-refractivity contribution < 1.29 is 4.79 Å². The van der Waals surface area contributed by atoms with Crippen LogP contribution in [0.25, 0.3) is 10.9 Å². The van der Waals surface area contributed by atoms with Crippen LogP contribution < -0.4 is 5.32 Å². The number of anilines is 1. The molecule has 1 saturated heterocycles. The Bertz CT molecular complexity index is 986. The van der Waals surface area contributed by atoms with Crippen LogP contribution in [0.3, 0.4) is 0 Å². The maximum Gasteiger partial charge on any atom is 0.245 e. The predicted octanol–water partition coefficient (Wildman–Crippen LogP) is 3.11. The number of aromatic nitrogens is 4. The maximum absolute atomic E-state index is 13.1. The first-order valence-electron chi connectivity index (χ1n) is 9.84. The van der Waals surface area contributed by atoms with Crippen LogP contribution in [0.15, 0.2) is 36.7 Å². The number of fused-ring (bicyclic) bond motifs is 1. The smallest absolute Gasteiger partial charge is 0.245 e. The quantitative estimate of drug-likeness (QED) is 0.713. The molecule has 1 unspecified atom stereocenters. The minimum atomic E-state index is -0.287. The summed E-state index contributed by atoms with van der Waals surface area (Å²) in [6.45, 7) is 7.56. The topological polar surface area (TPSA) is 75.9 Å². The Hall–Kier alpha value is -2.96. The molecule has 1 amide bonds. The molecule has 0 aliphatic carbocycles. The Morgan fingerprint density at radius 2 is 2.04 bits per heavy atom. The van der Waals surface area contributed by atoms with Crippen LogP contribution in [0.2, 0.25) is 0 Å². The van der Waals surface area contributed by atoms with Crippen molar-refractivity contribution in [1.82, 2.24) is 24.6 Å². The number of hydrogen-bond acceptors (Lipinski definition) is 5. The second-order valence-electron chi connectivity index (χ2n) is 7.49. The standard InChI is InChI=1S/C21H26N6O/c1-4-7-19(24-20-17-8-5-6-9-18(17)22-13-23-20)21(28)26-11-16(12-26)27-15(3)10-14(2)25-27/h5-6,8-10,13,16,19H,4,7,11-12H2,1-3H3,(H,22,23,24). The Morgan fingerprint density at radius 3 is 2.75 bits per heavy atom. The number of hydrogen-bond donors (Lipinski definition) is 1. The fourth-order valence-electron chi connectivity index (χ4n) is 3.86. The lowest BCUT2D eigenvalue weighted by Gasteiger charge is -2.41. The van der Waals surface area contributed by atoms with Crippen molar-refractivity contribution in [2.75, 3.05) is 18.4 Å². The van der Waals surface area contributed by atoms with E-state index in [0.29, 0.717) is 18.9 Å². The number of aryl methyl sites for hydroxylation is 2. The Kier molecular flexibility index (Phi) is 4.98. The number of para-hydroxylation sites is 1. The van der Waals surface area contributed by atoms with E-state index < -0.39 is 0 Å². The van der Waals surface area contributed by atoms with Crippen molar-refractivity contribution >= 4 is 22.6 Å². The van der Waals surface area contributed by atoms with Crippen molar-refractivity contribution in [3.63, 3.8) is 0 Å². The molecule has 1 aliphatic rings. The molecule has 0 spiro atoms. The highest BCUT2D eigenvalue weighted by molar-refractivity contribution is 5.92. The number of rotatable bonds is 6. The van der Waals surface area contributed by atoms with E-state index >= 15 is 0 Å². The van der Waals surface area contributed by atoms with Gasteiger partial charge in [0.2, 0.25) is 5.91 Å². The molecule has 7 nitrogen and oxygen atoms in total. The lowest BCUT2D eigenvalue weighted by Crippen LogP contribution is -2.55. The maximum atomic E-state index is 13.1. The van der Waals surface area contributed by atoms with Gasteiger partial charge in [-0.1, -0.05) is 25.5 Å². The number of nitrogens with one attached hydrogen (secondary N) is 1. The SMILES string of the molecule is CCCC(Nc1ncnc2ccccc12)C(=O)N1CC(n2nc(C)cc2C)C1. The van der Waals surface area contributed by atoms with Crippen molar-refractivity contribution in [3.05, 3.63) is 48.0 Å². The number of carbonyl (C=O) groups is 1. The van der Waals surface area contributed by atoms with Crippen molar-refractivity contribution in [1.29, 1.82) is 0 Å². The van der Waals surface area contributed by atoms with Gasteiger partial charge in [-0.2, -0.15) is 5.10 Å². The third-order valence-electron chi connectivity index (χ3n) is 5.29. The minimum absolute atomic E-state index is 0.127. The lowest BCUT2D eigenvalue weighted by atomic mass is 10.0. The molecule has 146 valence electrons. The van der Waals surface area contributed by atoms with Crippen LogP contribution in [-0.2, 0) is 4.79 Å². The second kappa shape index (κ2) is 7.58. The average molecular weight is 378 g/mol. The van der Waals surface area contributed by atoms with E-state index in [-0.39, 0.29) is 18.0 Å². The molecule has 0 saturated carbocycles. The molecule has 4 rings (SSSR count). The number of nitrogens with zero attached hydrogens (tertiary/aromatic N) is 5. The molecule has 2 aromatic heterocycles. The zero-order valence-corrected chi connectivity index (χ0v) is 16.6. The summed E-state index contributed by atoms with van der Waals surface area (Å²) in [4.78, 5) is 23.7. The molecule has 3 aromatic rings. The predicted molar refractivity (Wildman–Crippen MR) is 109 cm³/mol. The van der Waals surface area contributed by atoms with Gasteiger partial charge in [-0.05, 0) is 38.5 Å². The largest absolute Gasteiger partial charge is 0.358 e. The van der Waals surface area contributed by atoms with Gasteiger partial charge in [-0.25, -0.2) is 9.97 Å². The highest BCUT2D eigenvalue weighted by Crippen LogP contribution is 2.26. The van der Waals surface area contributed by atoms with Crippen LogP contribution in [0.5, 0.6) is 0 Å². The Morgan fingerprint density at radius 1 is 1.25 bits per heavy atom. The zero-order chi connectivity index (χ0) is 19.7. The van der Waals surface area contributed by atoms with Crippen LogP contribution >= 0.6 is 0 Å². The third kappa shape index (κ3) is 3.44. The van der Waals surface area contributed by atoms with E-state index in [1.807, 2.05) is 40.8 Å². The molecular formula is C21H26N6O. The number of likely N-dealkylation sites (tertiary alicyclic amines) is 1. The number of amides is 1. The van der Waals surface area contributed by atoms with E-state index in [0.717, 1.165) is 35.1 Å². The zero-order valence-electron chi connectivity index (χ0n) is 16.6. The summed E-state index contributed by atoms with van der Waals surface area (Å²) in [5.74, 6) is 0.843. The summed E-state index contributed by atoms with van der Waals surface area (Å²) in [7, 11) is 0. The van der Waals surface area contributed by atoms with Gasteiger partial charge in [-0.3, -0.25) is 9.48 Å². The Labute approximate surface area is 164 Å². The van der Waals surface area contributed by atoms with Gasteiger partial charge in [0.15, 0.2) is 0 Å². The molecule has 1 aliphatic heterocycles. The molecule has 0 radical (unpaired) electrons. The molecular weight excluding hydrogens is 352 g/mol. The van der Waals surface area contributed by atoms with E-state index in [1.54, 1.807) is 6.33 Å². The fraction of sp³-hybridized carbons (Fsp3) is 0.429. The van der Waals surface area contributed by atoms with E-state index in [2.05, 4.69) is 40.3 Å². The van der Waals surface area contributed by atoms with E-state index in [9.17, 15) is 4.79 Å². The van der Waals surface area contributed by atoms with Gasteiger partial charge in [-0.15, -0.1) is 0 Å². The van der Waals surface area contributed by atoms with Gasteiger partial charge in [0, 0.05) is 24.2 Å². The van der Waals surface area contributed by atoms with Gasteiger partial charge < -0.3 is 10.2 Å². The highest BCUT2D eigenvalue weighted by Gasteiger charge is 2.36. The molecule has 1 fully saturated rings. The summed E-state index contributed by atoms with van der Waals surface area (Å²) in [5, 5.41) is 8.87. The first kappa shape index (κ1) is 18.4.